The molecule has 2 aliphatic rings. The fourth-order valence-electron chi connectivity index (χ4n) is 3.41. The van der Waals surface area contributed by atoms with Gasteiger partial charge in [0.2, 0.25) is 0 Å². The normalized spacial score (nSPS) is 16.1. The number of Topliss-reactive ketones (excluding diaryl/α,β-unsaturated/α-hetero) is 1. The molecule has 2 aromatic carbocycles. The number of methoxy groups -OCH3 is 1. The summed E-state index contributed by atoms with van der Waals surface area (Å²) >= 11 is 0. The molecule has 0 radical (unpaired) electrons. The van der Waals surface area contributed by atoms with Gasteiger partial charge in [-0.1, -0.05) is 0 Å². The molecule has 0 aliphatic carbocycles. The summed E-state index contributed by atoms with van der Waals surface area (Å²) in [6, 6.07) is 5.56. The number of benzene rings is 2. The Balaban J connectivity index is 1.85. The van der Waals surface area contributed by atoms with Crippen LogP contribution in [0.4, 0.5) is 10.1 Å². The second kappa shape index (κ2) is 6.10. The number of hydrogen-bond acceptors (Lipinski definition) is 5. The molecule has 1 amide bonds. The number of nitrogens with one attached hydrogen (secondary N) is 1. The molecule has 0 spiro atoms. The van der Waals surface area contributed by atoms with Crippen molar-refractivity contribution in [2.24, 2.45) is 0 Å². The SMILES string of the molecule is COc1ccc(F)cc1Oc1cc2c(c3c1CCN(C)C3)NC(=O)C2=O. The first-order valence-corrected chi connectivity index (χ1v) is 8.22. The third kappa shape index (κ3) is 2.61. The summed E-state index contributed by atoms with van der Waals surface area (Å²) in [7, 11) is 3.44. The van der Waals surface area contributed by atoms with Crippen LogP contribution in [0.15, 0.2) is 24.3 Å². The maximum atomic E-state index is 13.7. The molecular weight excluding hydrogens is 339 g/mol. The van der Waals surface area contributed by atoms with Gasteiger partial charge < -0.3 is 19.7 Å². The smallest absolute Gasteiger partial charge is 0.296 e. The zero-order valence-corrected chi connectivity index (χ0v) is 14.4. The van der Waals surface area contributed by atoms with Crippen LogP contribution < -0.4 is 14.8 Å². The number of hydrogen-bond donors (Lipinski definition) is 1. The zero-order valence-electron chi connectivity index (χ0n) is 14.4. The summed E-state index contributed by atoms with van der Waals surface area (Å²) in [5, 5.41) is 2.66. The van der Waals surface area contributed by atoms with Crippen LogP contribution in [0.5, 0.6) is 17.2 Å². The fourth-order valence-corrected chi connectivity index (χ4v) is 3.41. The molecule has 2 heterocycles. The molecule has 1 N–H and O–H groups in total. The number of rotatable bonds is 3. The summed E-state index contributed by atoms with van der Waals surface area (Å²) in [5.41, 5.74) is 2.61. The largest absolute Gasteiger partial charge is 0.493 e. The Kier molecular flexibility index (Phi) is 3.88. The summed E-state index contributed by atoms with van der Waals surface area (Å²) < 4.78 is 24.8. The van der Waals surface area contributed by atoms with Crippen molar-refractivity contribution in [2.45, 2.75) is 13.0 Å². The van der Waals surface area contributed by atoms with Crippen LogP contribution in [0.1, 0.15) is 21.5 Å². The van der Waals surface area contributed by atoms with Gasteiger partial charge >= 0.3 is 0 Å². The number of halogens is 1. The number of carbonyl (C=O) groups excluding carboxylic acids is 2. The van der Waals surface area contributed by atoms with E-state index in [2.05, 4.69) is 10.2 Å². The summed E-state index contributed by atoms with van der Waals surface area (Å²) in [6.45, 7) is 1.40. The maximum Gasteiger partial charge on any atom is 0.296 e. The van der Waals surface area contributed by atoms with Gasteiger partial charge in [0.1, 0.15) is 11.6 Å². The first kappa shape index (κ1) is 16.5. The molecular formula is C19H17FN2O4. The van der Waals surface area contributed by atoms with Gasteiger partial charge in [-0.3, -0.25) is 9.59 Å². The molecule has 2 aromatic rings. The monoisotopic (exact) mass is 356 g/mol. The number of carbonyl (C=O) groups is 2. The van der Waals surface area contributed by atoms with Gasteiger partial charge in [0, 0.05) is 24.7 Å². The van der Waals surface area contributed by atoms with Crippen molar-refractivity contribution in [3.05, 3.63) is 46.8 Å². The Morgan fingerprint density at radius 1 is 1.12 bits per heavy atom. The Morgan fingerprint density at radius 2 is 1.92 bits per heavy atom. The van der Waals surface area contributed by atoms with Crippen molar-refractivity contribution < 1.29 is 23.5 Å². The van der Waals surface area contributed by atoms with Crippen LogP contribution in [-0.4, -0.2) is 37.3 Å². The van der Waals surface area contributed by atoms with Crippen LogP contribution in [0.2, 0.25) is 0 Å². The van der Waals surface area contributed by atoms with E-state index in [-0.39, 0.29) is 11.3 Å². The molecule has 4 rings (SSSR count). The Labute approximate surface area is 149 Å². The van der Waals surface area contributed by atoms with E-state index >= 15 is 0 Å². The van der Waals surface area contributed by atoms with Crippen LogP contribution in [0.3, 0.4) is 0 Å². The number of nitrogens with zero attached hydrogens (tertiary/aromatic N) is 1. The first-order chi connectivity index (χ1) is 12.5. The summed E-state index contributed by atoms with van der Waals surface area (Å²) in [6.07, 6.45) is 0.691. The van der Waals surface area contributed by atoms with E-state index in [1.54, 1.807) is 6.07 Å². The number of ether oxygens (including phenoxy) is 2. The van der Waals surface area contributed by atoms with Gasteiger partial charge in [0.05, 0.1) is 18.4 Å². The van der Waals surface area contributed by atoms with E-state index in [4.69, 9.17) is 9.47 Å². The molecule has 0 atom stereocenters. The van der Waals surface area contributed by atoms with Crippen molar-refractivity contribution in [3.8, 4) is 17.2 Å². The summed E-state index contributed by atoms with van der Waals surface area (Å²) in [4.78, 5) is 26.1. The summed E-state index contributed by atoms with van der Waals surface area (Å²) in [5.74, 6) is -0.639. The van der Waals surface area contributed by atoms with Gasteiger partial charge in [-0.05, 0) is 37.2 Å². The Bertz CT molecular complexity index is 942. The highest BCUT2D eigenvalue weighted by atomic mass is 19.1. The van der Waals surface area contributed by atoms with Crippen LogP contribution in [0.25, 0.3) is 0 Å². The number of amides is 1. The molecule has 0 bridgehead atoms. The molecule has 0 saturated heterocycles. The number of ketones is 1. The van der Waals surface area contributed by atoms with E-state index in [1.807, 2.05) is 7.05 Å². The van der Waals surface area contributed by atoms with Gasteiger partial charge in [-0.15, -0.1) is 0 Å². The second-order valence-electron chi connectivity index (χ2n) is 6.42. The number of likely N-dealkylation sites (N-methyl/N-ethyl adjacent to an activating group) is 1. The molecule has 7 heteroatoms. The van der Waals surface area contributed by atoms with Crippen molar-refractivity contribution in [2.75, 3.05) is 26.0 Å². The number of fused-ring (bicyclic) bond motifs is 3. The Morgan fingerprint density at radius 3 is 2.69 bits per heavy atom. The third-order valence-corrected chi connectivity index (χ3v) is 4.71. The van der Waals surface area contributed by atoms with E-state index < -0.39 is 17.5 Å². The van der Waals surface area contributed by atoms with Crippen LogP contribution >= 0.6 is 0 Å². The Hall–Kier alpha value is -2.93. The fraction of sp³-hybridized carbons (Fsp3) is 0.263. The highest BCUT2D eigenvalue weighted by Gasteiger charge is 2.34. The standard InChI is InChI=1S/C19H17FN2O4/c1-22-6-5-11-13(9-22)17-12(18(23)19(24)21-17)8-15(11)26-16-7-10(20)3-4-14(16)25-2/h3-4,7-8H,5-6,9H2,1-2H3,(H,21,23,24). The average molecular weight is 356 g/mol. The molecule has 26 heavy (non-hydrogen) atoms. The van der Waals surface area contributed by atoms with Crippen molar-refractivity contribution in [1.29, 1.82) is 0 Å². The average Bonchev–Trinajstić information content (AvgIpc) is 2.90. The maximum absolute atomic E-state index is 13.7. The molecule has 134 valence electrons. The topological polar surface area (TPSA) is 67.9 Å². The van der Waals surface area contributed by atoms with E-state index in [1.165, 1.54) is 25.3 Å². The third-order valence-electron chi connectivity index (χ3n) is 4.71. The lowest BCUT2D eigenvalue weighted by molar-refractivity contribution is -0.112. The minimum Gasteiger partial charge on any atom is -0.493 e. The van der Waals surface area contributed by atoms with Crippen molar-refractivity contribution in [3.63, 3.8) is 0 Å². The van der Waals surface area contributed by atoms with Gasteiger partial charge in [0.15, 0.2) is 11.5 Å². The molecule has 0 unspecified atom stereocenters. The van der Waals surface area contributed by atoms with Crippen molar-refractivity contribution in [1.82, 2.24) is 4.90 Å². The molecule has 2 aliphatic heterocycles. The quantitative estimate of drug-likeness (QED) is 0.857. The first-order valence-electron chi connectivity index (χ1n) is 8.22. The van der Waals surface area contributed by atoms with Gasteiger partial charge in [0.25, 0.3) is 11.7 Å². The lowest BCUT2D eigenvalue weighted by Crippen LogP contribution is -2.27. The predicted molar refractivity (Wildman–Crippen MR) is 92.5 cm³/mol. The van der Waals surface area contributed by atoms with Crippen LogP contribution in [0, 0.1) is 5.82 Å². The minimum atomic E-state index is -0.643. The number of anilines is 1. The zero-order chi connectivity index (χ0) is 18.4. The molecule has 0 saturated carbocycles. The molecule has 6 nitrogen and oxygen atoms in total. The van der Waals surface area contributed by atoms with Crippen molar-refractivity contribution >= 4 is 17.4 Å². The highest BCUT2D eigenvalue weighted by molar-refractivity contribution is 6.52. The van der Waals surface area contributed by atoms with E-state index in [0.717, 1.165) is 17.7 Å². The minimum absolute atomic E-state index is 0.221. The van der Waals surface area contributed by atoms with Gasteiger partial charge in [-0.25, -0.2) is 4.39 Å². The van der Waals surface area contributed by atoms with E-state index in [0.29, 0.717) is 30.2 Å². The molecule has 0 aromatic heterocycles. The van der Waals surface area contributed by atoms with E-state index in [9.17, 15) is 14.0 Å². The van der Waals surface area contributed by atoms with Gasteiger partial charge in [-0.2, -0.15) is 0 Å². The molecule has 0 fully saturated rings. The highest BCUT2D eigenvalue weighted by Crippen LogP contribution is 2.42. The predicted octanol–water partition coefficient (Wildman–Crippen LogP) is 2.75. The van der Waals surface area contributed by atoms with Crippen LogP contribution in [-0.2, 0) is 17.8 Å². The second-order valence-corrected chi connectivity index (χ2v) is 6.42. The lowest BCUT2D eigenvalue weighted by Gasteiger charge is -2.28. The lowest BCUT2D eigenvalue weighted by atomic mass is 9.94.